The van der Waals surface area contributed by atoms with Crippen LogP contribution in [0.3, 0.4) is 0 Å². The van der Waals surface area contributed by atoms with Crippen LogP contribution in [0.25, 0.3) is 5.69 Å². The van der Waals surface area contributed by atoms with E-state index in [1.807, 2.05) is 0 Å². The summed E-state index contributed by atoms with van der Waals surface area (Å²) < 4.78 is 29.6. The van der Waals surface area contributed by atoms with E-state index in [1.165, 1.54) is 16.8 Å². The zero-order valence-electron chi connectivity index (χ0n) is 8.75. The topological polar surface area (TPSA) is 47.3 Å². The van der Waals surface area contributed by atoms with Gasteiger partial charge in [0.2, 0.25) is 0 Å². The fraction of sp³-hybridized carbons (Fsp3) is 0.182. The summed E-state index contributed by atoms with van der Waals surface area (Å²) in [6.45, 7) is -2.97. The van der Waals surface area contributed by atoms with Gasteiger partial charge in [0.15, 0.2) is 0 Å². The predicted octanol–water partition coefficient (Wildman–Crippen LogP) is 1.97. The summed E-state index contributed by atoms with van der Waals surface area (Å²) in [7, 11) is 0. The summed E-state index contributed by atoms with van der Waals surface area (Å²) in [5, 5.41) is 12.9. The van der Waals surface area contributed by atoms with Gasteiger partial charge in [0.05, 0.1) is 18.0 Å². The molecule has 2 rings (SSSR count). The second-order valence-corrected chi connectivity index (χ2v) is 3.28. The van der Waals surface area contributed by atoms with Gasteiger partial charge in [0, 0.05) is 6.20 Å². The maximum absolute atomic E-state index is 11.9. The van der Waals surface area contributed by atoms with E-state index < -0.39 is 6.61 Å². The second kappa shape index (κ2) is 4.92. The second-order valence-electron chi connectivity index (χ2n) is 3.28. The average molecular weight is 240 g/mol. The Morgan fingerprint density at radius 1 is 1.24 bits per heavy atom. The summed E-state index contributed by atoms with van der Waals surface area (Å²) in [6.07, 6.45) is 1.68. The number of hydrogen-bond donors (Lipinski definition) is 1. The molecule has 90 valence electrons. The van der Waals surface area contributed by atoms with Crippen LogP contribution in [-0.4, -0.2) is 21.5 Å². The standard InChI is InChI=1S/C11H10F2N2O2/c12-11(13)17-10-3-1-9(2-4-10)15-6-5-8(7-16)14-15/h1-6,11,16H,7H2. The van der Waals surface area contributed by atoms with Gasteiger partial charge in [0.25, 0.3) is 0 Å². The first kappa shape index (κ1) is 11.5. The Morgan fingerprint density at radius 2 is 1.94 bits per heavy atom. The van der Waals surface area contributed by atoms with Crippen LogP contribution >= 0.6 is 0 Å². The zero-order chi connectivity index (χ0) is 12.3. The number of rotatable bonds is 4. The van der Waals surface area contributed by atoms with Crippen molar-refractivity contribution in [1.29, 1.82) is 0 Å². The molecule has 0 radical (unpaired) electrons. The Labute approximate surface area is 96.1 Å². The van der Waals surface area contributed by atoms with Crippen LogP contribution in [0.4, 0.5) is 8.78 Å². The number of nitrogens with zero attached hydrogens (tertiary/aromatic N) is 2. The molecule has 1 N–H and O–H groups in total. The zero-order valence-corrected chi connectivity index (χ0v) is 8.75. The molecule has 0 amide bonds. The van der Waals surface area contributed by atoms with Crippen LogP contribution in [0.2, 0.25) is 0 Å². The number of ether oxygens (including phenoxy) is 1. The number of aliphatic hydroxyl groups is 1. The molecular formula is C11H10F2N2O2. The molecule has 0 fully saturated rings. The molecule has 17 heavy (non-hydrogen) atoms. The van der Waals surface area contributed by atoms with Gasteiger partial charge in [-0.25, -0.2) is 4.68 Å². The van der Waals surface area contributed by atoms with Crippen molar-refractivity contribution in [1.82, 2.24) is 9.78 Å². The molecule has 0 aliphatic heterocycles. The molecular weight excluding hydrogens is 230 g/mol. The van der Waals surface area contributed by atoms with Crippen LogP contribution in [0, 0.1) is 0 Å². The maximum Gasteiger partial charge on any atom is 0.387 e. The molecule has 2 aromatic rings. The van der Waals surface area contributed by atoms with Gasteiger partial charge in [-0.3, -0.25) is 0 Å². The first-order valence-electron chi connectivity index (χ1n) is 4.89. The minimum absolute atomic E-state index is 0.0956. The Balaban J connectivity index is 2.17. The minimum Gasteiger partial charge on any atom is -0.435 e. The van der Waals surface area contributed by atoms with Crippen molar-refractivity contribution in [2.75, 3.05) is 0 Å². The number of aliphatic hydroxyl groups excluding tert-OH is 1. The van der Waals surface area contributed by atoms with Crippen molar-refractivity contribution >= 4 is 0 Å². The summed E-state index contributed by atoms with van der Waals surface area (Å²) >= 11 is 0. The summed E-state index contributed by atoms with van der Waals surface area (Å²) in [5.74, 6) is 0.0956. The molecule has 6 heteroatoms. The summed E-state index contributed by atoms with van der Waals surface area (Å²) in [4.78, 5) is 0. The van der Waals surface area contributed by atoms with E-state index in [0.29, 0.717) is 11.4 Å². The molecule has 4 nitrogen and oxygen atoms in total. The van der Waals surface area contributed by atoms with Crippen molar-refractivity contribution in [2.45, 2.75) is 13.2 Å². The third kappa shape index (κ3) is 2.79. The van der Waals surface area contributed by atoms with E-state index in [4.69, 9.17) is 5.11 Å². The predicted molar refractivity (Wildman–Crippen MR) is 56.1 cm³/mol. The monoisotopic (exact) mass is 240 g/mol. The smallest absolute Gasteiger partial charge is 0.387 e. The highest BCUT2D eigenvalue weighted by atomic mass is 19.3. The van der Waals surface area contributed by atoms with Crippen LogP contribution in [0.15, 0.2) is 36.5 Å². The molecule has 0 atom stereocenters. The highest BCUT2D eigenvalue weighted by Crippen LogP contribution is 2.17. The van der Waals surface area contributed by atoms with Crippen molar-refractivity contribution in [3.8, 4) is 11.4 Å². The Bertz CT molecular complexity index is 482. The molecule has 0 spiro atoms. The van der Waals surface area contributed by atoms with Crippen LogP contribution in [0.5, 0.6) is 5.75 Å². The molecule has 0 saturated carbocycles. The van der Waals surface area contributed by atoms with Crippen LogP contribution in [0.1, 0.15) is 5.69 Å². The van der Waals surface area contributed by atoms with Crippen LogP contribution in [-0.2, 0) is 6.61 Å². The van der Waals surface area contributed by atoms with Gasteiger partial charge >= 0.3 is 6.61 Å². The number of hydrogen-bond acceptors (Lipinski definition) is 3. The van der Waals surface area contributed by atoms with E-state index in [9.17, 15) is 8.78 Å². The molecule has 0 aliphatic rings. The Hall–Kier alpha value is -1.95. The van der Waals surface area contributed by atoms with Gasteiger partial charge in [-0.2, -0.15) is 13.9 Å². The third-order valence-corrected chi connectivity index (χ3v) is 2.13. The minimum atomic E-state index is -2.83. The Kier molecular flexibility index (Phi) is 3.34. The quantitative estimate of drug-likeness (QED) is 0.888. The molecule has 0 unspecified atom stereocenters. The van der Waals surface area contributed by atoms with E-state index in [-0.39, 0.29) is 12.4 Å². The lowest BCUT2D eigenvalue weighted by molar-refractivity contribution is -0.0498. The summed E-state index contributed by atoms with van der Waals surface area (Å²) in [6, 6.07) is 7.74. The first-order valence-corrected chi connectivity index (χ1v) is 4.89. The summed E-state index contributed by atoms with van der Waals surface area (Å²) in [5.41, 5.74) is 1.24. The number of aromatic nitrogens is 2. The molecule has 0 saturated heterocycles. The van der Waals surface area contributed by atoms with Gasteiger partial charge in [-0.05, 0) is 30.3 Å². The molecule has 0 aliphatic carbocycles. The lowest BCUT2D eigenvalue weighted by Gasteiger charge is -2.05. The van der Waals surface area contributed by atoms with Crippen LogP contribution < -0.4 is 4.74 Å². The van der Waals surface area contributed by atoms with E-state index >= 15 is 0 Å². The van der Waals surface area contributed by atoms with E-state index in [2.05, 4.69) is 9.84 Å². The van der Waals surface area contributed by atoms with Gasteiger partial charge in [-0.15, -0.1) is 0 Å². The molecule has 1 heterocycles. The molecule has 0 bridgehead atoms. The highest BCUT2D eigenvalue weighted by molar-refractivity contribution is 5.36. The lowest BCUT2D eigenvalue weighted by atomic mass is 10.3. The van der Waals surface area contributed by atoms with Crippen molar-refractivity contribution in [2.24, 2.45) is 0 Å². The normalized spacial score (nSPS) is 10.8. The average Bonchev–Trinajstić information content (AvgIpc) is 2.78. The largest absolute Gasteiger partial charge is 0.435 e. The number of benzene rings is 1. The molecule has 1 aromatic carbocycles. The van der Waals surface area contributed by atoms with Gasteiger partial charge in [-0.1, -0.05) is 0 Å². The van der Waals surface area contributed by atoms with Gasteiger partial charge in [0.1, 0.15) is 5.75 Å². The number of alkyl halides is 2. The lowest BCUT2D eigenvalue weighted by Crippen LogP contribution is -2.02. The van der Waals surface area contributed by atoms with E-state index in [0.717, 1.165) is 0 Å². The van der Waals surface area contributed by atoms with Crippen molar-refractivity contribution in [3.05, 3.63) is 42.2 Å². The first-order chi connectivity index (χ1) is 8.19. The van der Waals surface area contributed by atoms with Crippen molar-refractivity contribution in [3.63, 3.8) is 0 Å². The van der Waals surface area contributed by atoms with Gasteiger partial charge < -0.3 is 9.84 Å². The van der Waals surface area contributed by atoms with Crippen molar-refractivity contribution < 1.29 is 18.6 Å². The fourth-order valence-electron chi connectivity index (χ4n) is 1.37. The fourth-order valence-corrected chi connectivity index (χ4v) is 1.37. The Morgan fingerprint density at radius 3 is 2.47 bits per heavy atom. The van der Waals surface area contributed by atoms with E-state index in [1.54, 1.807) is 24.4 Å². The SMILES string of the molecule is OCc1ccn(-c2ccc(OC(F)F)cc2)n1. The third-order valence-electron chi connectivity index (χ3n) is 2.13. The maximum atomic E-state index is 11.9. The number of halogens is 2. The highest BCUT2D eigenvalue weighted by Gasteiger charge is 2.05. The molecule has 1 aromatic heterocycles.